The first-order chi connectivity index (χ1) is 10.4. The summed E-state index contributed by atoms with van der Waals surface area (Å²) in [5, 5.41) is 11.1. The molecule has 22 heavy (non-hydrogen) atoms. The molecule has 1 aromatic rings. The van der Waals surface area contributed by atoms with Crippen LogP contribution in [0.1, 0.15) is 35.7 Å². The molecule has 0 saturated carbocycles. The Bertz CT molecular complexity index is 607. The molecule has 1 atom stereocenters. The van der Waals surface area contributed by atoms with E-state index in [1.165, 1.54) is 24.0 Å². The maximum Gasteiger partial charge on any atom is 0.325 e. The lowest BCUT2D eigenvalue weighted by molar-refractivity contribution is -0.140. The highest BCUT2D eigenvalue weighted by Crippen LogP contribution is 2.16. The predicted octanol–water partition coefficient (Wildman–Crippen LogP) is 0.539. The second-order valence-corrected chi connectivity index (χ2v) is 5.10. The van der Waals surface area contributed by atoms with Crippen molar-refractivity contribution in [2.75, 3.05) is 0 Å². The van der Waals surface area contributed by atoms with E-state index in [2.05, 4.69) is 5.32 Å². The minimum Gasteiger partial charge on any atom is -0.480 e. The van der Waals surface area contributed by atoms with Crippen molar-refractivity contribution in [1.29, 1.82) is 0 Å². The van der Waals surface area contributed by atoms with Crippen LogP contribution in [0.4, 0.5) is 0 Å². The number of aliphatic carboxylic acids is 1. The number of carbonyl (C=O) groups excluding carboxylic acids is 3. The van der Waals surface area contributed by atoms with E-state index in [-0.39, 0.29) is 31.2 Å². The molecule has 0 bridgehead atoms. The van der Waals surface area contributed by atoms with Crippen molar-refractivity contribution in [2.24, 2.45) is 0 Å². The molecule has 1 heterocycles. The normalized spacial score (nSPS) is 15.8. The van der Waals surface area contributed by atoms with E-state index in [1.54, 1.807) is 12.1 Å². The third-order valence-corrected chi connectivity index (χ3v) is 3.43. The zero-order valence-corrected chi connectivity index (χ0v) is 12.0. The van der Waals surface area contributed by atoms with Gasteiger partial charge in [0, 0.05) is 18.4 Å². The summed E-state index contributed by atoms with van der Waals surface area (Å²) >= 11 is 0. The smallest absolute Gasteiger partial charge is 0.325 e. The van der Waals surface area contributed by atoms with Crippen molar-refractivity contribution >= 4 is 23.7 Å². The minimum absolute atomic E-state index is 0.186. The Kier molecular flexibility index (Phi) is 4.55. The minimum atomic E-state index is -1.11. The largest absolute Gasteiger partial charge is 0.480 e. The number of rotatable bonds is 5. The summed E-state index contributed by atoms with van der Waals surface area (Å²) in [6.45, 7) is 1.56. The number of hydrogen-bond donors (Lipinski definition) is 2. The highest BCUT2D eigenvalue weighted by molar-refractivity contribution is 6.01. The van der Waals surface area contributed by atoms with E-state index < -0.39 is 17.9 Å². The molecule has 1 saturated heterocycles. The quantitative estimate of drug-likeness (QED) is 0.773. The van der Waals surface area contributed by atoms with Crippen molar-refractivity contribution in [3.8, 4) is 0 Å². The molecule has 116 valence electrons. The fourth-order valence-corrected chi connectivity index (χ4v) is 2.09. The van der Waals surface area contributed by atoms with E-state index in [0.717, 1.165) is 5.56 Å². The lowest BCUT2D eigenvalue weighted by Gasteiger charge is -2.14. The molecular formula is C15H16N2O5. The van der Waals surface area contributed by atoms with Gasteiger partial charge < -0.3 is 10.4 Å². The van der Waals surface area contributed by atoms with Gasteiger partial charge in [0.2, 0.25) is 11.8 Å². The van der Waals surface area contributed by atoms with Gasteiger partial charge in [-0.15, -0.1) is 0 Å². The van der Waals surface area contributed by atoms with Gasteiger partial charge in [-0.3, -0.25) is 24.1 Å². The van der Waals surface area contributed by atoms with Gasteiger partial charge in [0.1, 0.15) is 6.04 Å². The molecule has 0 aliphatic carbocycles. The van der Waals surface area contributed by atoms with Crippen molar-refractivity contribution in [2.45, 2.75) is 32.4 Å². The van der Waals surface area contributed by atoms with Crippen LogP contribution in [0.25, 0.3) is 0 Å². The highest BCUT2D eigenvalue weighted by atomic mass is 16.4. The van der Waals surface area contributed by atoms with Crippen molar-refractivity contribution in [3.05, 3.63) is 35.4 Å². The van der Waals surface area contributed by atoms with E-state index in [9.17, 15) is 19.2 Å². The fraction of sp³-hybridized carbons (Fsp3) is 0.333. The maximum absolute atomic E-state index is 11.8. The van der Waals surface area contributed by atoms with Crippen LogP contribution in [0.2, 0.25) is 0 Å². The highest BCUT2D eigenvalue weighted by Gasteiger charge is 2.28. The Labute approximate surface area is 126 Å². The second-order valence-electron chi connectivity index (χ2n) is 5.10. The summed E-state index contributed by atoms with van der Waals surface area (Å²) in [5.74, 6) is -1.99. The first kappa shape index (κ1) is 15.7. The van der Waals surface area contributed by atoms with E-state index >= 15 is 0 Å². The molecule has 0 radical (unpaired) electrons. The third-order valence-electron chi connectivity index (χ3n) is 3.43. The first-order valence-electron chi connectivity index (χ1n) is 6.84. The van der Waals surface area contributed by atoms with E-state index in [4.69, 9.17) is 5.11 Å². The van der Waals surface area contributed by atoms with Crippen LogP contribution in [0.3, 0.4) is 0 Å². The Morgan fingerprint density at radius 3 is 2.23 bits per heavy atom. The van der Waals surface area contributed by atoms with Gasteiger partial charge in [0.05, 0.1) is 6.54 Å². The Morgan fingerprint density at radius 1 is 1.18 bits per heavy atom. The number of nitrogens with zero attached hydrogens (tertiary/aromatic N) is 1. The summed E-state index contributed by atoms with van der Waals surface area (Å²) in [6.07, 6.45) is 0.485. The summed E-state index contributed by atoms with van der Waals surface area (Å²) in [5.41, 5.74) is 1.04. The zero-order chi connectivity index (χ0) is 16.3. The molecule has 1 fully saturated rings. The number of benzene rings is 1. The van der Waals surface area contributed by atoms with Crippen molar-refractivity contribution in [3.63, 3.8) is 0 Å². The number of carbonyl (C=O) groups is 4. The Hall–Kier alpha value is -2.70. The third kappa shape index (κ3) is 3.49. The number of amides is 3. The number of imide groups is 1. The number of likely N-dealkylation sites (tertiary alicyclic amines) is 1. The molecule has 2 rings (SSSR count). The number of carboxylic acid groups (broad SMARTS) is 1. The van der Waals surface area contributed by atoms with E-state index in [0.29, 0.717) is 5.56 Å². The Balaban J connectivity index is 2.01. The molecule has 3 amide bonds. The molecule has 2 N–H and O–H groups in total. The maximum atomic E-state index is 11.8. The van der Waals surface area contributed by atoms with Crippen molar-refractivity contribution < 1.29 is 24.3 Å². The van der Waals surface area contributed by atoms with E-state index in [1.807, 2.05) is 0 Å². The van der Waals surface area contributed by atoms with Crippen LogP contribution in [-0.2, 0) is 20.9 Å². The zero-order valence-electron chi connectivity index (χ0n) is 12.0. The van der Waals surface area contributed by atoms with Crippen LogP contribution in [-0.4, -0.2) is 39.7 Å². The van der Waals surface area contributed by atoms with Gasteiger partial charge in [-0.2, -0.15) is 0 Å². The molecule has 1 aliphatic rings. The summed E-state index contributed by atoms with van der Waals surface area (Å²) in [6, 6.07) is 5.36. The van der Waals surface area contributed by atoms with Crippen LogP contribution in [0.5, 0.6) is 0 Å². The molecule has 7 nitrogen and oxygen atoms in total. The van der Waals surface area contributed by atoms with Gasteiger partial charge in [-0.1, -0.05) is 12.1 Å². The average Bonchev–Trinajstić information content (AvgIpc) is 2.79. The molecule has 1 unspecified atom stereocenters. The monoisotopic (exact) mass is 304 g/mol. The lowest BCUT2D eigenvalue weighted by atomic mass is 10.1. The van der Waals surface area contributed by atoms with Crippen molar-refractivity contribution in [1.82, 2.24) is 10.2 Å². The second kappa shape index (κ2) is 6.38. The van der Waals surface area contributed by atoms with Gasteiger partial charge in [0.15, 0.2) is 0 Å². The first-order valence-corrected chi connectivity index (χ1v) is 6.84. The summed E-state index contributed by atoms with van der Waals surface area (Å²) in [4.78, 5) is 46.8. The van der Waals surface area contributed by atoms with Gasteiger partial charge in [-0.25, -0.2) is 0 Å². The topological polar surface area (TPSA) is 104 Å². The van der Waals surface area contributed by atoms with Crippen LogP contribution in [0.15, 0.2) is 24.3 Å². The fourth-order valence-electron chi connectivity index (χ4n) is 2.09. The molecule has 0 aromatic heterocycles. The van der Waals surface area contributed by atoms with Gasteiger partial charge in [0.25, 0.3) is 5.91 Å². The predicted molar refractivity (Wildman–Crippen MR) is 75.8 cm³/mol. The number of nitrogens with one attached hydrogen (secondary N) is 1. The summed E-state index contributed by atoms with van der Waals surface area (Å²) < 4.78 is 0. The summed E-state index contributed by atoms with van der Waals surface area (Å²) in [7, 11) is 0. The SMILES string of the molecule is CC(NC(=O)c1ccc(CN2C(=O)CCC2=O)cc1)C(=O)O. The molecule has 1 aromatic carbocycles. The number of hydrogen-bond acceptors (Lipinski definition) is 4. The Morgan fingerprint density at radius 2 is 1.73 bits per heavy atom. The van der Waals surface area contributed by atoms with Crippen LogP contribution >= 0.6 is 0 Å². The lowest BCUT2D eigenvalue weighted by Crippen LogP contribution is -2.38. The van der Waals surface area contributed by atoms with Gasteiger partial charge >= 0.3 is 5.97 Å². The van der Waals surface area contributed by atoms with Gasteiger partial charge in [-0.05, 0) is 24.6 Å². The molecule has 7 heteroatoms. The van der Waals surface area contributed by atoms with Crippen LogP contribution < -0.4 is 5.32 Å². The molecule has 0 spiro atoms. The average molecular weight is 304 g/mol. The number of carboxylic acids is 1. The van der Waals surface area contributed by atoms with Crippen LogP contribution in [0, 0.1) is 0 Å². The standard InChI is InChI=1S/C15H16N2O5/c1-9(15(21)22)16-14(20)11-4-2-10(3-5-11)8-17-12(18)6-7-13(17)19/h2-5,9H,6-8H2,1H3,(H,16,20)(H,21,22). The molecular weight excluding hydrogens is 288 g/mol. The molecule has 1 aliphatic heterocycles.